The number of fused-ring (bicyclic) bond motifs is 2. The second kappa shape index (κ2) is 4.69. The number of nitrogens with two attached hydrogens (primary N) is 1. The van der Waals surface area contributed by atoms with Crippen LogP contribution in [0.5, 0.6) is 0 Å². The van der Waals surface area contributed by atoms with Crippen molar-refractivity contribution in [1.82, 2.24) is 4.98 Å². The Hall–Kier alpha value is -1.42. The molecular weight excluding hydrogens is 226 g/mol. The first-order valence-corrected chi connectivity index (χ1v) is 6.72. The maximum Gasteiger partial charge on any atom is 0.228 e. The number of rotatable bonds is 3. The van der Waals surface area contributed by atoms with E-state index in [2.05, 4.69) is 10.3 Å². The third-order valence-corrected chi connectivity index (χ3v) is 4.39. The molecule has 2 bridgehead atoms. The summed E-state index contributed by atoms with van der Waals surface area (Å²) in [7, 11) is 0. The quantitative estimate of drug-likeness (QED) is 0.854. The summed E-state index contributed by atoms with van der Waals surface area (Å²) >= 11 is 0. The molecule has 2 aliphatic rings. The lowest BCUT2D eigenvalue weighted by Gasteiger charge is -2.20. The highest BCUT2D eigenvalue weighted by molar-refractivity contribution is 5.92. The number of hydrogen-bond donors (Lipinski definition) is 2. The average molecular weight is 245 g/mol. The Labute approximate surface area is 107 Å². The van der Waals surface area contributed by atoms with Gasteiger partial charge >= 0.3 is 0 Å². The lowest BCUT2D eigenvalue weighted by Crippen LogP contribution is -2.27. The van der Waals surface area contributed by atoms with Crippen molar-refractivity contribution in [1.29, 1.82) is 0 Å². The molecule has 3 rings (SSSR count). The van der Waals surface area contributed by atoms with Crippen LogP contribution in [0.4, 0.5) is 5.82 Å². The van der Waals surface area contributed by atoms with E-state index in [0.717, 1.165) is 17.9 Å². The molecule has 3 unspecified atom stereocenters. The van der Waals surface area contributed by atoms with E-state index < -0.39 is 0 Å². The fourth-order valence-electron chi connectivity index (χ4n) is 3.40. The van der Waals surface area contributed by atoms with Crippen LogP contribution in [0.25, 0.3) is 0 Å². The van der Waals surface area contributed by atoms with Crippen molar-refractivity contribution in [3.05, 3.63) is 23.9 Å². The third-order valence-electron chi connectivity index (χ3n) is 4.39. The fourth-order valence-corrected chi connectivity index (χ4v) is 3.40. The predicted molar refractivity (Wildman–Crippen MR) is 69.7 cm³/mol. The number of carbonyl (C=O) groups excluding carboxylic acids is 1. The van der Waals surface area contributed by atoms with Gasteiger partial charge in [0.05, 0.1) is 0 Å². The molecule has 0 radical (unpaired) electrons. The number of amides is 1. The molecule has 2 fully saturated rings. The SMILES string of the molecule is NCc1ccc(NC(=O)C2CC3CCC2C3)nc1. The van der Waals surface area contributed by atoms with Gasteiger partial charge in [0.2, 0.25) is 5.91 Å². The number of nitrogens with one attached hydrogen (secondary N) is 1. The molecule has 2 aliphatic carbocycles. The number of hydrogen-bond acceptors (Lipinski definition) is 3. The number of aromatic nitrogens is 1. The third kappa shape index (κ3) is 2.12. The van der Waals surface area contributed by atoms with Crippen molar-refractivity contribution in [3.63, 3.8) is 0 Å². The summed E-state index contributed by atoms with van der Waals surface area (Å²) in [6.45, 7) is 0.480. The van der Waals surface area contributed by atoms with Gasteiger partial charge < -0.3 is 11.1 Å². The van der Waals surface area contributed by atoms with E-state index in [9.17, 15) is 4.79 Å². The van der Waals surface area contributed by atoms with Gasteiger partial charge in [0.1, 0.15) is 5.82 Å². The lowest BCUT2D eigenvalue weighted by molar-refractivity contribution is -0.121. The molecule has 18 heavy (non-hydrogen) atoms. The Morgan fingerprint density at radius 2 is 2.28 bits per heavy atom. The first-order chi connectivity index (χ1) is 8.76. The van der Waals surface area contributed by atoms with Crippen molar-refractivity contribution in [2.75, 3.05) is 5.32 Å². The zero-order valence-corrected chi connectivity index (χ0v) is 10.4. The van der Waals surface area contributed by atoms with Crippen LogP contribution in [0.15, 0.2) is 18.3 Å². The van der Waals surface area contributed by atoms with E-state index in [1.165, 1.54) is 19.3 Å². The van der Waals surface area contributed by atoms with Crippen LogP contribution in [0.1, 0.15) is 31.2 Å². The maximum absolute atomic E-state index is 12.2. The molecule has 0 aliphatic heterocycles. The molecule has 4 heteroatoms. The molecule has 96 valence electrons. The first kappa shape index (κ1) is 11.7. The van der Waals surface area contributed by atoms with Crippen LogP contribution >= 0.6 is 0 Å². The Kier molecular flexibility index (Phi) is 3.04. The summed E-state index contributed by atoms with van der Waals surface area (Å²) in [5.41, 5.74) is 6.49. The Bertz CT molecular complexity index is 443. The highest BCUT2D eigenvalue weighted by Crippen LogP contribution is 2.48. The molecule has 1 aromatic heterocycles. The van der Waals surface area contributed by atoms with Crippen molar-refractivity contribution in [2.24, 2.45) is 23.5 Å². The van der Waals surface area contributed by atoms with Gasteiger partial charge in [-0.1, -0.05) is 12.5 Å². The van der Waals surface area contributed by atoms with Gasteiger partial charge in [-0.2, -0.15) is 0 Å². The molecule has 2 saturated carbocycles. The van der Waals surface area contributed by atoms with Crippen LogP contribution in [0, 0.1) is 17.8 Å². The average Bonchev–Trinajstić information content (AvgIpc) is 3.02. The van der Waals surface area contributed by atoms with Crippen LogP contribution in [0.3, 0.4) is 0 Å². The van der Waals surface area contributed by atoms with E-state index in [4.69, 9.17) is 5.73 Å². The van der Waals surface area contributed by atoms with E-state index >= 15 is 0 Å². The topological polar surface area (TPSA) is 68.0 Å². The van der Waals surface area contributed by atoms with Gasteiger partial charge in [-0.25, -0.2) is 4.98 Å². The molecule has 1 amide bonds. The highest BCUT2D eigenvalue weighted by Gasteiger charge is 2.43. The van der Waals surface area contributed by atoms with Crippen LogP contribution < -0.4 is 11.1 Å². The van der Waals surface area contributed by atoms with Gasteiger partial charge in [0, 0.05) is 18.7 Å². The molecular formula is C14H19N3O. The molecule has 0 aromatic carbocycles. The van der Waals surface area contributed by atoms with Gasteiger partial charge in [-0.3, -0.25) is 4.79 Å². The minimum absolute atomic E-state index is 0.148. The minimum Gasteiger partial charge on any atom is -0.326 e. The fraction of sp³-hybridized carbons (Fsp3) is 0.571. The zero-order valence-electron chi connectivity index (χ0n) is 10.4. The Morgan fingerprint density at radius 3 is 2.83 bits per heavy atom. The normalized spacial score (nSPS) is 29.5. The van der Waals surface area contributed by atoms with Crippen molar-refractivity contribution in [3.8, 4) is 0 Å². The first-order valence-electron chi connectivity index (χ1n) is 6.72. The zero-order chi connectivity index (χ0) is 12.5. The molecule has 3 N–H and O–H groups in total. The van der Waals surface area contributed by atoms with E-state index in [1.807, 2.05) is 12.1 Å². The second-order valence-electron chi connectivity index (χ2n) is 5.53. The molecule has 0 spiro atoms. The molecule has 0 saturated heterocycles. The smallest absolute Gasteiger partial charge is 0.228 e. The van der Waals surface area contributed by atoms with Crippen LogP contribution in [0.2, 0.25) is 0 Å². The summed E-state index contributed by atoms with van der Waals surface area (Å²) < 4.78 is 0. The minimum atomic E-state index is 0.148. The Morgan fingerprint density at radius 1 is 1.39 bits per heavy atom. The largest absolute Gasteiger partial charge is 0.326 e. The standard InChI is InChI=1S/C14H19N3O/c15-7-10-2-4-13(16-8-10)17-14(18)12-6-9-1-3-11(12)5-9/h2,4,8-9,11-12H,1,3,5-7,15H2,(H,16,17,18). The van der Waals surface area contributed by atoms with E-state index in [-0.39, 0.29) is 11.8 Å². The van der Waals surface area contributed by atoms with Crippen LogP contribution in [-0.4, -0.2) is 10.9 Å². The number of pyridine rings is 1. The highest BCUT2D eigenvalue weighted by atomic mass is 16.2. The lowest BCUT2D eigenvalue weighted by atomic mass is 9.88. The molecule has 1 heterocycles. The summed E-state index contributed by atoms with van der Waals surface area (Å²) in [4.78, 5) is 16.4. The Balaban J connectivity index is 1.63. The van der Waals surface area contributed by atoms with Crippen molar-refractivity contribution < 1.29 is 4.79 Å². The van der Waals surface area contributed by atoms with Gasteiger partial charge in [0.25, 0.3) is 0 Å². The summed E-state index contributed by atoms with van der Waals surface area (Å²) in [5.74, 6) is 2.39. The number of carbonyl (C=O) groups is 1. The molecule has 4 nitrogen and oxygen atoms in total. The summed E-state index contributed by atoms with van der Waals surface area (Å²) in [6.07, 6.45) is 6.58. The number of nitrogens with zero attached hydrogens (tertiary/aromatic N) is 1. The van der Waals surface area contributed by atoms with Gasteiger partial charge in [0.15, 0.2) is 0 Å². The molecule has 1 aromatic rings. The maximum atomic E-state index is 12.2. The summed E-state index contributed by atoms with van der Waals surface area (Å²) in [6, 6.07) is 3.73. The monoisotopic (exact) mass is 245 g/mol. The van der Waals surface area contributed by atoms with E-state index in [0.29, 0.717) is 18.3 Å². The summed E-state index contributed by atoms with van der Waals surface area (Å²) in [5, 5.41) is 2.93. The predicted octanol–water partition coefficient (Wildman–Crippen LogP) is 1.91. The van der Waals surface area contributed by atoms with Crippen molar-refractivity contribution in [2.45, 2.75) is 32.2 Å². The van der Waals surface area contributed by atoms with E-state index in [1.54, 1.807) is 6.20 Å². The van der Waals surface area contributed by atoms with Crippen molar-refractivity contribution >= 4 is 11.7 Å². The van der Waals surface area contributed by atoms with Gasteiger partial charge in [-0.15, -0.1) is 0 Å². The van der Waals surface area contributed by atoms with Gasteiger partial charge in [-0.05, 0) is 42.7 Å². The molecule has 3 atom stereocenters. The number of anilines is 1. The van der Waals surface area contributed by atoms with Crippen LogP contribution in [-0.2, 0) is 11.3 Å². The second-order valence-corrected chi connectivity index (χ2v) is 5.53.